The number of hydrogen-bond acceptors (Lipinski definition) is 5. The van der Waals surface area contributed by atoms with Crippen molar-refractivity contribution >= 4 is 45.6 Å². The number of hydrogen-bond donors (Lipinski definition) is 2. The van der Waals surface area contributed by atoms with Crippen LogP contribution in [-0.4, -0.2) is 24.0 Å². The number of carbonyl (C=O) groups excluding carboxylic acids is 3. The number of ether oxygens (including phenoxy) is 1. The average molecular weight is 494 g/mol. The highest BCUT2D eigenvalue weighted by Gasteiger charge is 2.15. The number of aryl methyl sites for hydroxylation is 2. The van der Waals surface area contributed by atoms with Crippen LogP contribution in [0.15, 0.2) is 76.3 Å². The van der Waals surface area contributed by atoms with Crippen LogP contribution in [0.3, 0.4) is 0 Å². The summed E-state index contributed by atoms with van der Waals surface area (Å²) in [5.74, 6) is -2.06. The van der Waals surface area contributed by atoms with Crippen molar-refractivity contribution < 1.29 is 19.1 Å². The normalized spacial score (nSPS) is 10.6. The van der Waals surface area contributed by atoms with E-state index in [0.29, 0.717) is 21.3 Å². The monoisotopic (exact) mass is 493 g/mol. The summed E-state index contributed by atoms with van der Waals surface area (Å²) in [5, 5.41) is 6.35. The van der Waals surface area contributed by atoms with E-state index in [2.05, 4.69) is 31.8 Å². The molecule has 0 radical (unpaired) electrons. The summed E-state index contributed by atoms with van der Waals surface area (Å²) in [5.41, 5.74) is 5.44. The molecule has 7 nitrogen and oxygen atoms in total. The molecule has 0 bridgehead atoms. The van der Waals surface area contributed by atoms with Gasteiger partial charge in [-0.05, 0) is 77.3 Å². The number of anilines is 1. The third kappa shape index (κ3) is 6.12. The Kier molecular flexibility index (Phi) is 7.51. The summed E-state index contributed by atoms with van der Waals surface area (Å²) in [4.78, 5) is 36.6. The lowest BCUT2D eigenvalue weighted by Crippen LogP contribution is -2.32. The van der Waals surface area contributed by atoms with Crippen LogP contribution >= 0.6 is 15.9 Å². The summed E-state index contributed by atoms with van der Waals surface area (Å²) in [6.07, 6.45) is 1.30. The van der Waals surface area contributed by atoms with Gasteiger partial charge in [-0.2, -0.15) is 5.10 Å². The highest BCUT2D eigenvalue weighted by Crippen LogP contribution is 2.21. The maximum absolute atomic E-state index is 12.5. The minimum atomic E-state index is -0.928. The van der Waals surface area contributed by atoms with Crippen molar-refractivity contribution in [2.75, 3.05) is 5.32 Å². The Morgan fingerprint density at radius 3 is 2.28 bits per heavy atom. The number of benzene rings is 3. The van der Waals surface area contributed by atoms with Crippen molar-refractivity contribution in [2.45, 2.75) is 13.8 Å². The molecule has 0 unspecified atom stereocenters. The van der Waals surface area contributed by atoms with E-state index in [-0.39, 0.29) is 5.75 Å². The molecule has 0 aliphatic heterocycles. The summed E-state index contributed by atoms with van der Waals surface area (Å²) < 4.78 is 6.08. The first-order chi connectivity index (χ1) is 15.3. The van der Waals surface area contributed by atoms with Crippen molar-refractivity contribution in [1.29, 1.82) is 0 Å². The van der Waals surface area contributed by atoms with Crippen molar-refractivity contribution in [3.63, 3.8) is 0 Å². The van der Waals surface area contributed by atoms with E-state index < -0.39 is 17.8 Å². The number of para-hydroxylation sites is 1. The molecule has 3 aromatic carbocycles. The van der Waals surface area contributed by atoms with E-state index in [1.54, 1.807) is 60.7 Å². The van der Waals surface area contributed by atoms with Gasteiger partial charge in [-0.1, -0.05) is 30.3 Å². The number of halogens is 1. The summed E-state index contributed by atoms with van der Waals surface area (Å²) in [6, 6.07) is 19.1. The Labute approximate surface area is 193 Å². The minimum absolute atomic E-state index is 0.255. The highest BCUT2D eigenvalue weighted by molar-refractivity contribution is 9.10. The van der Waals surface area contributed by atoms with E-state index in [4.69, 9.17) is 4.74 Å². The molecule has 3 aromatic rings. The van der Waals surface area contributed by atoms with E-state index in [1.807, 2.05) is 19.9 Å². The van der Waals surface area contributed by atoms with E-state index in [1.165, 1.54) is 6.21 Å². The summed E-state index contributed by atoms with van der Waals surface area (Å²) in [6.45, 7) is 3.79. The third-order valence-corrected chi connectivity index (χ3v) is 4.96. The van der Waals surface area contributed by atoms with Gasteiger partial charge >= 0.3 is 17.8 Å². The maximum Gasteiger partial charge on any atom is 0.344 e. The zero-order valence-corrected chi connectivity index (χ0v) is 19.0. The van der Waals surface area contributed by atoms with Crippen LogP contribution in [0.1, 0.15) is 27.0 Å². The molecule has 3 rings (SSSR count). The number of rotatable bonds is 5. The minimum Gasteiger partial charge on any atom is -0.422 e. The van der Waals surface area contributed by atoms with Gasteiger partial charge in [0.05, 0.1) is 11.8 Å². The standard InChI is InChI=1S/C24H20BrN3O4/c1-15-11-16(2)13-18(12-15)27-22(29)23(30)28-26-14-17-7-3-6-10-21(17)32-24(31)19-8-4-5-9-20(19)25/h3-14H,1-2H3,(H,27,29)(H,28,30)/b26-14+. The number of carbonyl (C=O) groups is 3. The zero-order valence-electron chi connectivity index (χ0n) is 17.4. The zero-order chi connectivity index (χ0) is 23.1. The topological polar surface area (TPSA) is 96.9 Å². The first-order valence-electron chi connectivity index (χ1n) is 9.62. The molecule has 8 heteroatoms. The predicted molar refractivity (Wildman–Crippen MR) is 126 cm³/mol. The molecule has 32 heavy (non-hydrogen) atoms. The maximum atomic E-state index is 12.5. The van der Waals surface area contributed by atoms with Crippen molar-refractivity contribution in [2.24, 2.45) is 5.10 Å². The van der Waals surface area contributed by atoms with Gasteiger partial charge in [0.25, 0.3) is 0 Å². The van der Waals surface area contributed by atoms with Crippen molar-refractivity contribution in [3.05, 3.63) is 93.5 Å². The van der Waals surface area contributed by atoms with Crippen LogP contribution in [0.4, 0.5) is 5.69 Å². The number of esters is 1. The van der Waals surface area contributed by atoms with Crippen LogP contribution in [0.25, 0.3) is 0 Å². The van der Waals surface area contributed by atoms with Crippen LogP contribution in [0, 0.1) is 13.8 Å². The van der Waals surface area contributed by atoms with Gasteiger partial charge in [0.2, 0.25) is 0 Å². The lowest BCUT2D eigenvalue weighted by molar-refractivity contribution is -0.136. The fourth-order valence-electron chi connectivity index (χ4n) is 2.91. The molecule has 0 spiro atoms. The van der Waals surface area contributed by atoms with Crippen LogP contribution in [0.2, 0.25) is 0 Å². The number of nitrogens with zero attached hydrogens (tertiary/aromatic N) is 1. The van der Waals surface area contributed by atoms with Gasteiger partial charge in [-0.25, -0.2) is 10.2 Å². The quantitative estimate of drug-likeness (QED) is 0.181. The largest absolute Gasteiger partial charge is 0.422 e. The molecule has 0 atom stereocenters. The molecular weight excluding hydrogens is 474 g/mol. The number of amides is 2. The Balaban J connectivity index is 1.64. The first kappa shape index (κ1) is 22.9. The van der Waals surface area contributed by atoms with E-state index in [0.717, 1.165) is 11.1 Å². The molecule has 0 aliphatic rings. The second-order valence-corrected chi connectivity index (χ2v) is 7.79. The molecule has 0 saturated heterocycles. The van der Waals surface area contributed by atoms with Crippen LogP contribution < -0.4 is 15.5 Å². The third-order valence-electron chi connectivity index (χ3n) is 4.27. The second kappa shape index (κ2) is 10.5. The van der Waals surface area contributed by atoms with Crippen molar-refractivity contribution in [1.82, 2.24) is 5.43 Å². The number of nitrogens with one attached hydrogen (secondary N) is 2. The van der Waals surface area contributed by atoms with Gasteiger partial charge < -0.3 is 10.1 Å². The molecule has 2 N–H and O–H groups in total. The van der Waals surface area contributed by atoms with Gasteiger partial charge in [0.1, 0.15) is 5.75 Å². The van der Waals surface area contributed by atoms with Gasteiger partial charge in [0.15, 0.2) is 0 Å². The van der Waals surface area contributed by atoms with Crippen molar-refractivity contribution in [3.8, 4) is 5.75 Å². The Bertz CT molecular complexity index is 1190. The predicted octanol–water partition coefficient (Wildman–Crippen LogP) is 4.37. The lowest BCUT2D eigenvalue weighted by atomic mass is 10.1. The molecular formula is C24H20BrN3O4. The summed E-state index contributed by atoms with van der Waals surface area (Å²) >= 11 is 3.32. The Morgan fingerprint density at radius 1 is 0.906 bits per heavy atom. The first-order valence-corrected chi connectivity index (χ1v) is 10.4. The molecule has 0 heterocycles. The molecule has 0 fully saturated rings. The van der Waals surface area contributed by atoms with Gasteiger partial charge in [-0.15, -0.1) is 0 Å². The highest BCUT2D eigenvalue weighted by atomic mass is 79.9. The SMILES string of the molecule is Cc1cc(C)cc(NC(=O)C(=O)N/N=C/c2ccccc2OC(=O)c2ccccc2Br)c1. The smallest absolute Gasteiger partial charge is 0.344 e. The lowest BCUT2D eigenvalue weighted by Gasteiger charge is -2.08. The van der Waals surface area contributed by atoms with E-state index >= 15 is 0 Å². The Morgan fingerprint density at radius 2 is 1.56 bits per heavy atom. The second-order valence-electron chi connectivity index (χ2n) is 6.94. The summed E-state index contributed by atoms with van der Waals surface area (Å²) in [7, 11) is 0. The number of hydrazone groups is 1. The molecule has 0 aliphatic carbocycles. The van der Waals surface area contributed by atoms with Gasteiger partial charge in [-0.3, -0.25) is 9.59 Å². The molecule has 0 saturated carbocycles. The molecule has 0 aromatic heterocycles. The van der Waals surface area contributed by atoms with E-state index in [9.17, 15) is 14.4 Å². The molecule has 2 amide bonds. The Hall–Kier alpha value is -3.78. The fraction of sp³-hybridized carbons (Fsp3) is 0.0833. The van der Waals surface area contributed by atoms with Gasteiger partial charge in [0, 0.05) is 15.7 Å². The molecule has 162 valence electrons. The van der Waals surface area contributed by atoms with Crippen LogP contribution in [0.5, 0.6) is 5.75 Å². The van der Waals surface area contributed by atoms with Crippen LogP contribution in [-0.2, 0) is 9.59 Å². The average Bonchev–Trinajstić information content (AvgIpc) is 2.74. The fourth-order valence-corrected chi connectivity index (χ4v) is 3.35.